The molecule has 132 valence electrons. The Labute approximate surface area is 135 Å². The molecule has 1 rings (SSSR count). The highest BCUT2D eigenvalue weighted by Crippen LogP contribution is 2.27. The largest absolute Gasteiger partial charge is 0.463 e. The molecule has 0 aromatic carbocycles. The first-order valence-electron chi connectivity index (χ1n) is 7.58. The van der Waals surface area contributed by atoms with Gasteiger partial charge in [0.2, 0.25) is 0 Å². The molecule has 0 aromatic rings. The first kappa shape index (κ1) is 19.4. The van der Waals surface area contributed by atoms with Gasteiger partial charge in [-0.2, -0.15) is 0 Å². The average Bonchev–Trinajstić information content (AvgIpc) is 2.44. The van der Waals surface area contributed by atoms with E-state index in [1.807, 2.05) is 6.92 Å². The molecule has 4 unspecified atom stereocenters. The van der Waals surface area contributed by atoms with Crippen molar-refractivity contribution in [3.8, 4) is 0 Å². The Morgan fingerprint density at radius 3 is 2.22 bits per heavy atom. The number of ether oxygens (including phenoxy) is 5. The second-order valence-electron chi connectivity index (χ2n) is 5.24. The van der Waals surface area contributed by atoms with Gasteiger partial charge in [-0.3, -0.25) is 14.4 Å². The van der Waals surface area contributed by atoms with E-state index in [1.165, 1.54) is 20.8 Å². The van der Waals surface area contributed by atoms with Crippen LogP contribution in [0.25, 0.3) is 0 Å². The molecule has 0 saturated carbocycles. The lowest BCUT2D eigenvalue weighted by Gasteiger charge is -2.39. The van der Waals surface area contributed by atoms with Crippen LogP contribution < -0.4 is 0 Å². The summed E-state index contributed by atoms with van der Waals surface area (Å²) >= 11 is 0. The smallest absolute Gasteiger partial charge is 0.303 e. The van der Waals surface area contributed by atoms with E-state index in [0.717, 1.165) is 6.42 Å². The minimum absolute atomic E-state index is 0.128. The van der Waals surface area contributed by atoms with Crippen molar-refractivity contribution in [3.05, 3.63) is 0 Å². The van der Waals surface area contributed by atoms with Gasteiger partial charge in [0.25, 0.3) is 0 Å². The fourth-order valence-corrected chi connectivity index (χ4v) is 2.25. The SMILES string of the molecule is CCCOC1CC(OC(C)=O)C(OC(C)=O)C(COC(C)=O)O1. The van der Waals surface area contributed by atoms with E-state index in [2.05, 4.69) is 0 Å². The van der Waals surface area contributed by atoms with Crippen molar-refractivity contribution in [1.82, 2.24) is 0 Å². The van der Waals surface area contributed by atoms with Crippen molar-refractivity contribution >= 4 is 17.9 Å². The molecule has 1 aliphatic heterocycles. The Morgan fingerprint density at radius 1 is 1.04 bits per heavy atom. The minimum atomic E-state index is -0.864. The topological polar surface area (TPSA) is 97.4 Å². The zero-order valence-electron chi connectivity index (χ0n) is 13.9. The van der Waals surface area contributed by atoms with Crippen LogP contribution in [0.4, 0.5) is 0 Å². The second-order valence-corrected chi connectivity index (χ2v) is 5.24. The van der Waals surface area contributed by atoms with Crippen molar-refractivity contribution in [2.24, 2.45) is 0 Å². The molecule has 1 fully saturated rings. The van der Waals surface area contributed by atoms with Crippen LogP contribution in [-0.2, 0) is 38.1 Å². The third kappa shape index (κ3) is 6.96. The fraction of sp³-hybridized carbons (Fsp3) is 0.800. The van der Waals surface area contributed by atoms with Crippen molar-refractivity contribution in [3.63, 3.8) is 0 Å². The van der Waals surface area contributed by atoms with Crippen molar-refractivity contribution in [2.45, 2.75) is 65.1 Å². The van der Waals surface area contributed by atoms with Crippen LogP contribution in [0.15, 0.2) is 0 Å². The molecule has 1 heterocycles. The van der Waals surface area contributed by atoms with E-state index in [1.54, 1.807) is 0 Å². The summed E-state index contributed by atoms with van der Waals surface area (Å²) in [6.07, 6.45) is -1.98. The molecule has 23 heavy (non-hydrogen) atoms. The van der Waals surface area contributed by atoms with Crippen LogP contribution in [0.5, 0.6) is 0 Å². The highest BCUT2D eigenvalue weighted by atomic mass is 16.7. The highest BCUT2D eigenvalue weighted by molar-refractivity contribution is 5.67. The summed E-state index contributed by atoms with van der Waals surface area (Å²) in [6.45, 7) is 6.06. The number of rotatable bonds is 7. The summed E-state index contributed by atoms with van der Waals surface area (Å²) in [4.78, 5) is 33.7. The monoisotopic (exact) mass is 332 g/mol. The average molecular weight is 332 g/mol. The Balaban J connectivity index is 2.88. The van der Waals surface area contributed by atoms with Gasteiger partial charge in [-0.05, 0) is 6.42 Å². The molecule has 0 aromatic heterocycles. The zero-order valence-corrected chi connectivity index (χ0v) is 13.9. The molecule has 8 heteroatoms. The molecule has 0 amide bonds. The van der Waals surface area contributed by atoms with E-state index in [9.17, 15) is 14.4 Å². The van der Waals surface area contributed by atoms with Gasteiger partial charge < -0.3 is 23.7 Å². The molecule has 8 nitrogen and oxygen atoms in total. The van der Waals surface area contributed by atoms with Crippen LogP contribution >= 0.6 is 0 Å². The van der Waals surface area contributed by atoms with E-state index >= 15 is 0 Å². The second kappa shape index (κ2) is 9.46. The van der Waals surface area contributed by atoms with E-state index in [0.29, 0.717) is 6.61 Å². The summed E-state index contributed by atoms with van der Waals surface area (Å²) in [6, 6.07) is 0. The predicted octanol–water partition coefficient (Wildman–Crippen LogP) is 0.954. The quantitative estimate of drug-likeness (QED) is 0.502. The first-order chi connectivity index (χ1) is 10.8. The first-order valence-corrected chi connectivity index (χ1v) is 7.58. The molecule has 0 aliphatic carbocycles. The van der Waals surface area contributed by atoms with Crippen molar-refractivity contribution < 1.29 is 38.1 Å². The normalized spacial score (nSPS) is 27.1. The lowest BCUT2D eigenvalue weighted by atomic mass is 10.0. The summed E-state index contributed by atoms with van der Waals surface area (Å²) in [5.41, 5.74) is 0. The molecule has 4 atom stereocenters. The standard InChI is InChI=1S/C15H24O8/c1-5-6-19-14-7-12(21-10(3)17)15(22-11(4)18)13(23-14)8-20-9(2)16/h12-15H,5-8H2,1-4H3. The van der Waals surface area contributed by atoms with Gasteiger partial charge >= 0.3 is 17.9 Å². The van der Waals surface area contributed by atoms with Gasteiger partial charge in [-0.1, -0.05) is 6.92 Å². The number of carbonyl (C=O) groups excluding carboxylic acids is 3. The number of esters is 3. The van der Waals surface area contributed by atoms with E-state index in [4.69, 9.17) is 23.7 Å². The van der Waals surface area contributed by atoms with Gasteiger partial charge in [0, 0.05) is 33.8 Å². The van der Waals surface area contributed by atoms with Crippen LogP contribution in [-0.4, -0.2) is 55.7 Å². The van der Waals surface area contributed by atoms with Crippen molar-refractivity contribution in [2.75, 3.05) is 13.2 Å². The Bertz CT molecular complexity index is 422. The summed E-state index contributed by atoms with van der Waals surface area (Å²) in [5, 5.41) is 0. The maximum atomic E-state index is 11.3. The Hall–Kier alpha value is -1.67. The fourth-order valence-electron chi connectivity index (χ4n) is 2.25. The van der Waals surface area contributed by atoms with Crippen molar-refractivity contribution in [1.29, 1.82) is 0 Å². The Kier molecular flexibility index (Phi) is 7.97. The van der Waals surface area contributed by atoms with Gasteiger partial charge in [-0.25, -0.2) is 0 Å². The molecule has 1 aliphatic rings. The molecule has 0 N–H and O–H groups in total. The molecule has 0 spiro atoms. The number of carbonyl (C=O) groups is 3. The zero-order chi connectivity index (χ0) is 17.4. The van der Waals surface area contributed by atoms with E-state index < -0.39 is 42.5 Å². The third-order valence-corrected chi connectivity index (χ3v) is 3.06. The predicted molar refractivity (Wildman–Crippen MR) is 77.3 cm³/mol. The van der Waals surface area contributed by atoms with E-state index in [-0.39, 0.29) is 13.0 Å². The van der Waals surface area contributed by atoms with Crippen LogP contribution in [0.1, 0.15) is 40.5 Å². The Morgan fingerprint density at radius 2 is 1.70 bits per heavy atom. The van der Waals surface area contributed by atoms with Gasteiger partial charge in [0.05, 0.1) is 0 Å². The van der Waals surface area contributed by atoms with Crippen LogP contribution in [0, 0.1) is 0 Å². The highest BCUT2D eigenvalue weighted by Gasteiger charge is 2.44. The number of hydrogen-bond donors (Lipinski definition) is 0. The lowest BCUT2D eigenvalue weighted by molar-refractivity contribution is -0.266. The van der Waals surface area contributed by atoms with Crippen LogP contribution in [0.2, 0.25) is 0 Å². The van der Waals surface area contributed by atoms with Crippen LogP contribution in [0.3, 0.4) is 0 Å². The molecule has 0 radical (unpaired) electrons. The summed E-state index contributed by atoms with van der Waals surface area (Å²) < 4.78 is 26.6. The van der Waals surface area contributed by atoms with Gasteiger partial charge in [0.15, 0.2) is 12.4 Å². The minimum Gasteiger partial charge on any atom is -0.463 e. The van der Waals surface area contributed by atoms with Gasteiger partial charge in [0.1, 0.15) is 18.8 Å². The third-order valence-electron chi connectivity index (χ3n) is 3.06. The maximum Gasteiger partial charge on any atom is 0.303 e. The maximum absolute atomic E-state index is 11.3. The molecule has 1 saturated heterocycles. The molecular formula is C15H24O8. The summed E-state index contributed by atoms with van der Waals surface area (Å²) in [5.74, 6) is -1.54. The molecule has 0 bridgehead atoms. The lowest BCUT2D eigenvalue weighted by Crippen LogP contribution is -2.54. The summed E-state index contributed by atoms with van der Waals surface area (Å²) in [7, 11) is 0. The van der Waals surface area contributed by atoms with Gasteiger partial charge in [-0.15, -0.1) is 0 Å². The molecular weight excluding hydrogens is 308 g/mol. The number of hydrogen-bond acceptors (Lipinski definition) is 8.